The molecule has 7 nitrogen and oxygen atoms in total. The molecule has 0 aliphatic heterocycles. The summed E-state index contributed by atoms with van der Waals surface area (Å²) in [6, 6.07) is 9.14. The normalized spacial score (nSPS) is 25.0. The Bertz CT molecular complexity index is 852. The van der Waals surface area contributed by atoms with E-state index in [-0.39, 0.29) is 30.1 Å². The van der Waals surface area contributed by atoms with Gasteiger partial charge >= 0.3 is 0 Å². The second kappa shape index (κ2) is 4.97. The van der Waals surface area contributed by atoms with E-state index in [1.807, 2.05) is 12.1 Å². The number of carbonyl (C=O) groups is 2. The smallest absolute Gasteiger partial charge is 0.269 e. The summed E-state index contributed by atoms with van der Waals surface area (Å²) in [5, 5.41) is 30.1. The van der Waals surface area contributed by atoms with Crippen LogP contribution in [0.15, 0.2) is 24.3 Å². The van der Waals surface area contributed by atoms with E-state index in [4.69, 9.17) is 0 Å². The average Bonchev–Trinajstić information content (AvgIpc) is 3.17. The molecule has 7 heteroatoms. The quantitative estimate of drug-likeness (QED) is 0.464. The number of rotatable bonds is 2. The van der Waals surface area contributed by atoms with Crippen molar-refractivity contribution in [3.63, 3.8) is 0 Å². The highest BCUT2D eigenvalue weighted by Crippen LogP contribution is 2.77. The Hall–Kier alpha value is -3.06. The van der Waals surface area contributed by atoms with Gasteiger partial charge in [0.1, 0.15) is 17.0 Å². The van der Waals surface area contributed by atoms with E-state index >= 15 is 0 Å². The monoisotopic (exact) mass is 337 g/mol. The van der Waals surface area contributed by atoms with Crippen molar-refractivity contribution in [3.8, 4) is 12.1 Å². The molecule has 2 aliphatic rings. The lowest BCUT2D eigenvalue weighted by Gasteiger charge is -2.33. The third-order valence-electron chi connectivity index (χ3n) is 5.35. The molecular formula is C18H15N3O4. The SMILES string of the molecule is CC1(C)CC(=O)C2(C(=O)C1)[C@@H](c1ccc([N+](=O)[O-])cc1)C2(C#N)C#N. The fourth-order valence-corrected chi connectivity index (χ4v) is 4.22. The first-order valence-electron chi connectivity index (χ1n) is 7.80. The van der Waals surface area contributed by atoms with Crippen LogP contribution in [-0.4, -0.2) is 16.5 Å². The van der Waals surface area contributed by atoms with Crippen LogP contribution in [0.1, 0.15) is 38.2 Å². The molecule has 0 radical (unpaired) electrons. The summed E-state index contributed by atoms with van der Waals surface area (Å²) in [6.07, 6.45) is 0.237. The second-order valence-corrected chi connectivity index (χ2v) is 7.49. The molecule has 1 aromatic carbocycles. The molecule has 1 atom stereocenters. The molecule has 3 rings (SSSR count). The first-order chi connectivity index (χ1) is 11.7. The van der Waals surface area contributed by atoms with Gasteiger partial charge in [-0.1, -0.05) is 26.0 Å². The maximum absolute atomic E-state index is 12.9. The summed E-state index contributed by atoms with van der Waals surface area (Å²) >= 11 is 0. The van der Waals surface area contributed by atoms with E-state index in [0.29, 0.717) is 5.56 Å². The van der Waals surface area contributed by atoms with Crippen molar-refractivity contribution < 1.29 is 14.5 Å². The molecule has 0 saturated heterocycles. The van der Waals surface area contributed by atoms with Crippen molar-refractivity contribution in [2.45, 2.75) is 32.6 Å². The van der Waals surface area contributed by atoms with Crippen LogP contribution in [0.4, 0.5) is 5.69 Å². The van der Waals surface area contributed by atoms with E-state index in [0.717, 1.165) is 0 Å². The predicted octanol–water partition coefficient (Wildman–Crippen LogP) is 2.67. The van der Waals surface area contributed by atoms with Crippen LogP contribution in [0.3, 0.4) is 0 Å². The number of nitro benzene ring substituents is 1. The number of nitro groups is 1. The molecule has 0 amide bonds. The molecule has 25 heavy (non-hydrogen) atoms. The number of benzene rings is 1. The number of non-ortho nitro benzene ring substituents is 1. The number of hydrogen-bond donors (Lipinski definition) is 0. The predicted molar refractivity (Wildman–Crippen MR) is 85.0 cm³/mol. The highest BCUT2D eigenvalue weighted by molar-refractivity contribution is 6.16. The van der Waals surface area contributed by atoms with Crippen LogP contribution < -0.4 is 0 Å². The molecule has 1 aromatic rings. The van der Waals surface area contributed by atoms with Crippen molar-refractivity contribution in [2.75, 3.05) is 0 Å². The van der Waals surface area contributed by atoms with Crippen LogP contribution in [0, 0.1) is 49.0 Å². The maximum Gasteiger partial charge on any atom is 0.269 e. The van der Waals surface area contributed by atoms with Gasteiger partial charge in [0, 0.05) is 30.9 Å². The van der Waals surface area contributed by atoms with E-state index in [1.54, 1.807) is 13.8 Å². The van der Waals surface area contributed by atoms with Crippen LogP contribution in [-0.2, 0) is 9.59 Å². The topological polar surface area (TPSA) is 125 Å². The zero-order valence-electron chi connectivity index (χ0n) is 13.8. The summed E-state index contributed by atoms with van der Waals surface area (Å²) in [7, 11) is 0. The number of ketones is 2. The minimum absolute atomic E-state index is 0.118. The van der Waals surface area contributed by atoms with E-state index in [1.165, 1.54) is 24.3 Å². The van der Waals surface area contributed by atoms with Gasteiger partial charge in [0.15, 0.2) is 5.41 Å². The largest absolute Gasteiger partial charge is 0.298 e. The number of carbonyl (C=O) groups excluding carboxylic acids is 2. The van der Waals surface area contributed by atoms with Gasteiger partial charge in [0.25, 0.3) is 5.69 Å². The maximum atomic E-state index is 12.9. The van der Waals surface area contributed by atoms with Crippen LogP contribution in [0.2, 0.25) is 0 Å². The molecule has 0 bridgehead atoms. The third-order valence-corrected chi connectivity index (χ3v) is 5.35. The number of Topliss-reactive ketones (excluding diaryl/α,β-unsaturated/α-hetero) is 2. The standard InChI is InChI=1S/C18H15N3O4/c1-16(2)7-13(22)18(14(23)8-16)15(17(18,9-19)10-20)11-3-5-12(6-4-11)21(24)25/h3-6,15H,7-8H2,1-2H3/t15-/m0/s1. The van der Waals surface area contributed by atoms with E-state index in [2.05, 4.69) is 0 Å². The van der Waals surface area contributed by atoms with Gasteiger partial charge in [-0.3, -0.25) is 19.7 Å². The molecule has 0 aromatic heterocycles. The van der Waals surface area contributed by atoms with Gasteiger partial charge in [-0.2, -0.15) is 10.5 Å². The van der Waals surface area contributed by atoms with Crippen LogP contribution >= 0.6 is 0 Å². The van der Waals surface area contributed by atoms with Crippen molar-refractivity contribution >= 4 is 17.3 Å². The first-order valence-corrected chi connectivity index (χ1v) is 7.80. The van der Waals surface area contributed by atoms with Crippen molar-refractivity contribution in [1.82, 2.24) is 0 Å². The molecule has 2 aliphatic carbocycles. The zero-order valence-corrected chi connectivity index (χ0v) is 13.8. The average molecular weight is 337 g/mol. The summed E-state index contributed by atoms with van der Waals surface area (Å²) in [6.45, 7) is 3.61. The minimum Gasteiger partial charge on any atom is -0.298 e. The lowest BCUT2D eigenvalue weighted by molar-refractivity contribution is -0.384. The van der Waals surface area contributed by atoms with Gasteiger partial charge in [-0.15, -0.1) is 0 Å². The Balaban J connectivity index is 2.12. The third kappa shape index (κ3) is 1.96. The minimum atomic E-state index is -1.74. The van der Waals surface area contributed by atoms with E-state index in [9.17, 15) is 30.2 Å². The van der Waals surface area contributed by atoms with Crippen LogP contribution in [0.25, 0.3) is 0 Å². The molecule has 126 valence electrons. The Kier molecular flexibility index (Phi) is 3.34. The Morgan fingerprint density at radius 3 is 1.96 bits per heavy atom. The number of hydrogen-bond acceptors (Lipinski definition) is 6. The van der Waals surface area contributed by atoms with Crippen LogP contribution in [0.5, 0.6) is 0 Å². The Morgan fingerprint density at radius 1 is 1.08 bits per heavy atom. The molecule has 0 heterocycles. The molecule has 0 unspecified atom stereocenters. The van der Waals surface area contributed by atoms with Gasteiger partial charge in [-0.05, 0) is 11.0 Å². The molecule has 2 saturated carbocycles. The fourth-order valence-electron chi connectivity index (χ4n) is 4.22. The summed E-state index contributed by atoms with van der Waals surface area (Å²) < 4.78 is 0. The second-order valence-electron chi connectivity index (χ2n) is 7.49. The van der Waals surface area contributed by atoms with Gasteiger partial charge in [0.05, 0.1) is 17.1 Å². The summed E-state index contributed by atoms with van der Waals surface area (Å²) in [5.74, 6) is -1.66. The number of nitriles is 2. The van der Waals surface area contributed by atoms with Gasteiger partial charge in [-0.25, -0.2) is 0 Å². The van der Waals surface area contributed by atoms with Crippen molar-refractivity contribution in [1.29, 1.82) is 10.5 Å². The molecule has 0 N–H and O–H groups in total. The number of nitrogens with zero attached hydrogens (tertiary/aromatic N) is 3. The first kappa shape index (κ1) is 16.8. The van der Waals surface area contributed by atoms with Gasteiger partial charge in [0.2, 0.25) is 0 Å². The Morgan fingerprint density at radius 2 is 1.56 bits per heavy atom. The molecule has 1 spiro atoms. The summed E-state index contributed by atoms with van der Waals surface area (Å²) in [5.41, 5.74) is -3.61. The Labute approximate surface area is 144 Å². The van der Waals surface area contributed by atoms with Crippen molar-refractivity contribution in [3.05, 3.63) is 39.9 Å². The van der Waals surface area contributed by atoms with Crippen molar-refractivity contribution in [2.24, 2.45) is 16.2 Å². The molecule has 2 fully saturated rings. The van der Waals surface area contributed by atoms with Gasteiger partial charge < -0.3 is 0 Å². The summed E-state index contributed by atoms with van der Waals surface area (Å²) in [4.78, 5) is 36.0. The zero-order chi connectivity index (χ0) is 18.6. The highest BCUT2D eigenvalue weighted by atomic mass is 16.6. The fraction of sp³-hybridized carbons (Fsp3) is 0.444. The highest BCUT2D eigenvalue weighted by Gasteiger charge is 2.86. The molecular weight excluding hydrogens is 322 g/mol. The van der Waals surface area contributed by atoms with E-state index < -0.39 is 27.1 Å². The lowest BCUT2D eigenvalue weighted by Crippen LogP contribution is -2.42. The lowest BCUT2D eigenvalue weighted by atomic mass is 9.67.